The number of carbonyl (C=O) groups excluding carboxylic acids is 2. The minimum absolute atomic E-state index is 0.0639. The van der Waals surface area contributed by atoms with Crippen LogP contribution < -0.4 is 0 Å². The molecule has 4 nitrogen and oxygen atoms in total. The van der Waals surface area contributed by atoms with E-state index in [0.29, 0.717) is 6.42 Å². The summed E-state index contributed by atoms with van der Waals surface area (Å²) in [5.74, 6) is 0.305. The average molecular weight is 346 g/mol. The van der Waals surface area contributed by atoms with Gasteiger partial charge in [-0.3, -0.25) is 9.59 Å². The van der Waals surface area contributed by atoms with E-state index in [1.807, 2.05) is 6.92 Å². The van der Waals surface area contributed by atoms with Gasteiger partial charge in [0.1, 0.15) is 0 Å². The summed E-state index contributed by atoms with van der Waals surface area (Å²) in [7, 11) is 1.47. The van der Waals surface area contributed by atoms with Crippen LogP contribution >= 0.6 is 0 Å². The summed E-state index contributed by atoms with van der Waals surface area (Å²) in [5.41, 5.74) is -0.433. The van der Waals surface area contributed by atoms with E-state index in [4.69, 9.17) is 4.74 Å². The maximum atomic E-state index is 13.2. The molecule has 1 spiro atoms. The number of allylic oxidation sites excluding steroid dienone is 1. The first-order valence-electron chi connectivity index (χ1n) is 9.71. The molecule has 7 atom stereocenters. The van der Waals surface area contributed by atoms with Crippen LogP contribution in [0.1, 0.15) is 58.8 Å². The van der Waals surface area contributed by atoms with Crippen LogP contribution in [0.25, 0.3) is 0 Å². The van der Waals surface area contributed by atoms with Crippen molar-refractivity contribution >= 4 is 11.8 Å². The minimum atomic E-state index is -0.515. The lowest BCUT2D eigenvalue weighted by atomic mass is 9.40. The molecule has 0 amide bonds. The Bertz CT molecular complexity index is 654. The number of ether oxygens (including phenoxy) is 1. The third-order valence-electron chi connectivity index (χ3n) is 8.57. The van der Waals surface area contributed by atoms with Gasteiger partial charge in [-0.2, -0.15) is 0 Å². The summed E-state index contributed by atoms with van der Waals surface area (Å²) < 4.78 is 5.16. The van der Waals surface area contributed by atoms with Gasteiger partial charge in [-0.05, 0) is 68.3 Å². The number of carbonyl (C=O) groups is 2. The molecule has 0 aromatic carbocycles. The second kappa shape index (κ2) is 5.18. The SMILES string of the molecule is C=C1C(=O)C23CCC4C(C)(C(=O)OC)CCCC4(C)C2C(O)CC1C3. The normalized spacial score (nSPS) is 51.7. The zero-order valence-corrected chi connectivity index (χ0v) is 15.6. The lowest BCUT2D eigenvalue weighted by molar-refractivity contribution is -0.201. The number of aliphatic hydroxyl groups is 1. The third-order valence-corrected chi connectivity index (χ3v) is 8.57. The first-order chi connectivity index (χ1) is 11.7. The Hall–Kier alpha value is -1.16. The van der Waals surface area contributed by atoms with Crippen molar-refractivity contribution in [1.82, 2.24) is 0 Å². The molecule has 138 valence electrons. The van der Waals surface area contributed by atoms with E-state index in [1.165, 1.54) is 7.11 Å². The Morgan fingerprint density at radius 2 is 2.00 bits per heavy atom. The number of fused-ring (bicyclic) bond motifs is 3. The zero-order chi connectivity index (χ0) is 18.2. The molecule has 1 N–H and O–H groups in total. The van der Waals surface area contributed by atoms with Crippen molar-refractivity contribution in [3.05, 3.63) is 12.2 Å². The van der Waals surface area contributed by atoms with Crippen LogP contribution in [0.15, 0.2) is 12.2 Å². The molecule has 4 aliphatic rings. The molecule has 25 heavy (non-hydrogen) atoms. The van der Waals surface area contributed by atoms with E-state index in [9.17, 15) is 14.7 Å². The number of ketones is 1. The fourth-order valence-corrected chi connectivity index (χ4v) is 7.70. The smallest absolute Gasteiger partial charge is 0.311 e. The average Bonchev–Trinajstić information content (AvgIpc) is 2.75. The summed E-state index contributed by atoms with van der Waals surface area (Å²) in [6, 6.07) is 0. The van der Waals surface area contributed by atoms with Crippen molar-refractivity contribution in [3.8, 4) is 0 Å². The van der Waals surface area contributed by atoms with Crippen molar-refractivity contribution in [1.29, 1.82) is 0 Å². The van der Waals surface area contributed by atoms with Crippen molar-refractivity contribution in [2.75, 3.05) is 7.11 Å². The summed E-state index contributed by atoms with van der Waals surface area (Å²) in [6.45, 7) is 8.32. The van der Waals surface area contributed by atoms with Crippen LogP contribution in [0.2, 0.25) is 0 Å². The molecule has 4 aliphatic carbocycles. The molecule has 0 saturated heterocycles. The number of hydrogen-bond donors (Lipinski definition) is 1. The molecule has 2 bridgehead atoms. The summed E-state index contributed by atoms with van der Waals surface area (Å²) in [6.07, 6.45) is 5.40. The Morgan fingerprint density at radius 1 is 1.28 bits per heavy atom. The summed E-state index contributed by atoms with van der Waals surface area (Å²) in [4.78, 5) is 25.8. The maximum Gasteiger partial charge on any atom is 0.311 e. The topological polar surface area (TPSA) is 63.6 Å². The number of rotatable bonds is 1. The first kappa shape index (κ1) is 17.3. The van der Waals surface area contributed by atoms with Crippen molar-refractivity contribution in [2.45, 2.75) is 64.9 Å². The Labute approximate surface area is 150 Å². The van der Waals surface area contributed by atoms with Crippen LogP contribution in [0.3, 0.4) is 0 Å². The number of esters is 1. The van der Waals surface area contributed by atoms with Gasteiger partial charge in [-0.15, -0.1) is 0 Å². The van der Waals surface area contributed by atoms with Gasteiger partial charge in [-0.25, -0.2) is 0 Å². The molecular formula is C21H30O4. The molecule has 0 aliphatic heterocycles. The maximum absolute atomic E-state index is 13.2. The van der Waals surface area contributed by atoms with Crippen LogP contribution in [0, 0.1) is 34.0 Å². The fourth-order valence-electron chi connectivity index (χ4n) is 7.70. The van der Waals surface area contributed by atoms with E-state index in [2.05, 4.69) is 13.5 Å². The number of methoxy groups -OCH3 is 1. The highest BCUT2D eigenvalue weighted by Crippen LogP contribution is 2.71. The molecule has 4 rings (SSSR count). The third kappa shape index (κ3) is 1.92. The standard InChI is InChI=1S/C21H30O4/c1-12-13-10-14(22)16-19(2)7-5-8-20(3,18(24)25-4)15(19)6-9-21(16,11-13)17(12)23/h13-16,22H,1,5-11H2,2-4H3. The molecule has 4 saturated carbocycles. The van der Waals surface area contributed by atoms with Gasteiger partial charge in [-0.1, -0.05) is 19.9 Å². The Balaban J connectivity index is 1.81. The summed E-state index contributed by atoms with van der Waals surface area (Å²) in [5, 5.41) is 11.1. The van der Waals surface area contributed by atoms with Crippen molar-refractivity contribution in [2.24, 2.45) is 34.0 Å². The second-order valence-corrected chi connectivity index (χ2v) is 9.55. The van der Waals surface area contributed by atoms with Gasteiger partial charge in [0, 0.05) is 11.3 Å². The van der Waals surface area contributed by atoms with E-state index in [1.54, 1.807) is 0 Å². The van der Waals surface area contributed by atoms with Gasteiger partial charge >= 0.3 is 5.97 Å². The predicted molar refractivity (Wildman–Crippen MR) is 93.6 cm³/mol. The van der Waals surface area contributed by atoms with Gasteiger partial charge in [0.2, 0.25) is 0 Å². The highest BCUT2D eigenvalue weighted by Gasteiger charge is 2.70. The van der Waals surface area contributed by atoms with Crippen LogP contribution in [0.5, 0.6) is 0 Å². The van der Waals surface area contributed by atoms with E-state index < -0.39 is 16.9 Å². The fraction of sp³-hybridized carbons (Fsp3) is 0.810. The highest BCUT2D eigenvalue weighted by atomic mass is 16.5. The number of Topliss-reactive ketones (excluding diaryl/α,β-unsaturated/α-hetero) is 1. The second-order valence-electron chi connectivity index (χ2n) is 9.55. The van der Waals surface area contributed by atoms with Crippen molar-refractivity contribution in [3.63, 3.8) is 0 Å². The van der Waals surface area contributed by atoms with E-state index in [-0.39, 0.29) is 34.9 Å². The van der Waals surface area contributed by atoms with Gasteiger partial charge in [0.25, 0.3) is 0 Å². The Morgan fingerprint density at radius 3 is 2.68 bits per heavy atom. The first-order valence-corrected chi connectivity index (χ1v) is 9.71. The van der Waals surface area contributed by atoms with Crippen LogP contribution in [-0.4, -0.2) is 30.1 Å². The van der Waals surface area contributed by atoms with Crippen LogP contribution in [-0.2, 0) is 14.3 Å². The molecule has 7 unspecified atom stereocenters. The summed E-state index contributed by atoms with van der Waals surface area (Å²) >= 11 is 0. The predicted octanol–water partition coefficient (Wildman–Crippen LogP) is 3.28. The highest BCUT2D eigenvalue weighted by molar-refractivity contribution is 6.03. The molecule has 4 fully saturated rings. The minimum Gasteiger partial charge on any atom is -0.469 e. The van der Waals surface area contributed by atoms with Gasteiger partial charge in [0.15, 0.2) is 5.78 Å². The Kier molecular flexibility index (Phi) is 3.58. The molecule has 4 heteroatoms. The molecule has 0 heterocycles. The van der Waals surface area contributed by atoms with E-state index >= 15 is 0 Å². The lowest BCUT2D eigenvalue weighted by Gasteiger charge is -2.63. The molecule has 0 radical (unpaired) electrons. The largest absolute Gasteiger partial charge is 0.469 e. The van der Waals surface area contributed by atoms with E-state index in [0.717, 1.165) is 44.1 Å². The van der Waals surface area contributed by atoms with Gasteiger partial charge in [0.05, 0.1) is 18.6 Å². The molecule has 0 aromatic rings. The monoisotopic (exact) mass is 346 g/mol. The van der Waals surface area contributed by atoms with Gasteiger partial charge < -0.3 is 9.84 Å². The lowest BCUT2D eigenvalue weighted by Crippen LogP contribution is -2.62. The molecule has 0 aromatic heterocycles. The van der Waals surface area contributed by atoms with Crippen LogP contribution in [0.4, 0.5) is 0 Å². The number of aliphatic hydroxyl groups excluding tert-OH is 1. The zero-order valence-electron chi connectivity index (χ0n) is 15.6. The molecular weight excluding hydrogens is 316 g/mol. The van der Waals surface area contributed by atoms with Crippen molar-refractivity contribution < 1.29 is 19.4 Å². The quantitative estimate of drug-likeness (QED) is 0.585. The number of hydrogen-bond acceptors (Lipinski definition) is 4.